The van der Waals surface area contributed by atoms with E-state index in [-0.39, 0.29) is 0 Å². The van der Waals surface area contributed by atoms with Gasteiger partial charge in [0, 0.05) is 6.07 Å². The molecule has 0 spiro atoms. The molecule has 1 heterocycles. The highest BCUT2D eigenvalue weighted by Crippen LogP contribution is 2.31. The maximum absolute atomic E-state index is 12.3. The van der Waals surface area contributed by atoms with Crippen LogP contribution in [0.25, 0.3) is 0 Å². The number of hydrogen-bond acceptors (Lipinski definition) is 5. The Balaban J connectivity index is 3.29. The lowest BCUT2D eigenvalue weighted by atomic mass is 10.2. The fraction of sp³-hybridized carbons (Fsp3) is 0.250. The van der Waals surface area contributed by atoms with Crippen LogP contribution in [0.4, 0.5) is 8.78 Å². The van der Waals surface area contributed by atoms with E-state index in [2.05, 4.69) is 9.72 Å². The first-order chi connectivity index (χ1) is 6.97. The van der Waals surface area contributed by atoms with Crippen LogP contribution in [0.3, 0.4) is 0 Å². The summed E-state index contributed by atoms with van der Waals surface area (Å²) in [5.41, 5.74) is -1.64. The van der Waals surface area contributed by atoms with Gasteiger partial charge in [-0.3, -0.25) is 0 Å². The molecule has 0 saturated carbocycles. The lowest BCUT2D eigenvalue weighted by molar-refractivity contribution is 0.0588. The molecule has 0 unspecified atom stereocenters. The lowest BCUT2D eigenvalue weighted by Gasteiger charge is -2.06. The van der Waals surface area contributed by atoms with E-state index in [1.54, 1.807) is 0 Å². The molecule has 0 aliphatic carbocycles. The van der Waals surface area contributed by atoms with Gasteiger partial charge in [0.15, 0.2) is 11.4 Å². The van der Waals surface area contributed by atoms with Crippen molar-refractivity contribution in [1.82, 2.24) is 4.98 Å². The number of methoxy groups -OCH3 is 1. The predicted molar refractivity (Wildman–Crippen MR) is 43.9 cm³/mol. The van der Waals surface area contributed by atoms with Crippen LogP contribution in [0.15, 0.2) is 6.07 Å². The highest BCUT2D eigenvalue weighted by Gasteiger charge is 2.22. The lowest BCUT2D eigenvalue weighted by Crippen LogP contribution is -2.07. The summed E-state index contributed by atoms with van der Waals surface area (Å²) in [7, 11) is 1.01. The van der Waals surface area contributed by atoms with Crippen LogP contribution in [0, 0.1) is 0 Å². The number of ether oxygens (including phenoxy) is 1. The Hall–Kier alpha value is -1.92. The van der Waals surface area contributed by atoms with Crippen LogP contribution < -0.4 is 0 Å². The molecule has 7 heteroatoms. The van der Waals surface area contributed by atoms with Crippen molar-refractivity contribution in [3.63, 3.8) is 0 Å². The number of aromatic hydroxyl groups is 2. The van der Waals surface area contributed by atoms with Crippen LogP contribution in [-0.2, 0) is 4.74 Å². The molecule has 82 valence electrons. The summed E-state index contributed by atoms with van der Waals surface area (Å²) in [5, 5.41) is 18.1. The molecule has 1 aromatic heterocycles. The molecule has 15 heavy (non-hydrogen) atoms. The molecule has 1 rings (SSSR count). The van der Waals surface area contributed by atoms with Crippen molar-refractivity contribution in [1.29, 1.82) is 0 Å². The van der Waals surface area contributed by atoms with Crippen molar-refractivity contribution in [2.45, 2.75) is 6.43 Å². The van der Waals surface area contributed by atoms with Crippen molar-refractivity contribution in [3.8, 4) is 11.5 Å². The average molecular weight is 219 g/mol. The Morgan fingerprint density at radius 2 is 2.07 bits per heavy atom. The summed E-state index contributed by atoms with van der Waals surface area (Å²) in [6.07, 6.45) is -3.05. The third-order valence-electron chi connectivity index (χ3n) is 1.60. The second-order valence-corrected chi connectivity index (χ2v) is 2.55. The van der Waals surface area contributed by atoms with E-state index in [0.717, 1.165) is 7.11 Å². The van der Waals surface area contributed by atoms with Gasteiger partial charge in [0.05, 0.1) is 7.11 Å². The van der Waals surface area contributed by atoms with Crippen molar-refractivity contribution in [2.75, 3.05) is 7.11 Å². The topological polar surface area (TPSA) is 79.7 Å². The van der Waals surface area contributed by atoms with Gasteiger partial charge in [-0.2, -0.15) is 0 Å². The highest BCUT2D eigenvalue weighted by atomic mass is 19.3. The Labute approximate surface area is 82.9 Å². The average Bonchev–Trinajstić information content (AvgIpc) is 2.16. The Bertz CT molecular complexity index is 394. The van der Waals surface area contributed by atoms with Gasteiger partial charge in [0.25, 0.3) is 6.43 Å². The SMILES string of the molecule is COC(=O)c1nc(C(F)F)c(O)cc1O. The van der Waals surface area contributed by atoms with E-state index < -0.39 is 35.3 Å². The molecule has 2 N–H and O–H groups in total. The van der Waals surface area contributed by atoms with Crippen LogP contribution in [0.5, 0.6) is 11.5 Å². The largest absolute Gasteiger partial charge is 0.506 e. The Morgan fingerprint density at radius 1 is 1.47 bits per heavy atom. The summed E-state index contributed by atoms with van der Waals surface area (Å²) >= 11 is 0. The number of hydrogen-bond donors (Lipinski definition) is 2. The number of halogens is 2. The van der Waals surface area contributed by atoms with Crippen LogP contribution >= 0.6 is 0 Å². The minimum absolute atomic E-state index is 0.612. The van der Waals surface area contributed by atoms with Gasteiger partial charge >= 0.3 is 5.97 Å². The first kappa shape index (κ1) is 11.2. The Morgan fingerprint density at radius 3 is 2.53 bits per heavy atom. The van der Waals surface area contributed by atoms with E-state index in [9.17, 15) is 13.6 Å². The molecule has 0 radical (unpaired) electrons. The van der Waals surface area contributed by atoms with Gasteiger partial charge in [0.1, 0.15) is 11.4 Å². The summed E-state index contributed by atoms with van der Waals surface area (Å²) in [6, 6.07) is 0.612. The van der Waals surface area contributed by atoms with E-state index in [1.165, 1.54) is 0 Å². The monoisotopic (exact) mass is 219 g/mol. The zero-order valence-corrected chi connectivity index (χ0v) is 7.57. The third kappa shape index (κ3) is 2.12. The summed E-state index contributed by atoms with van der Waals surface area (Å²) in [4.78, 5) is 14.1. The summed E-state index contributed by atoms with van der Waals surface area (Å²) in [6.45, 7) is 0. The Kier molecular flexibility index (Phi) is 3.03. The van der Waals surface area contributed by atoms with E-state index in [0.29, 0.717) is 6.07 Å². The smallest absolute Gasteiger partial charge is 0.360 e. The van der Waals surface area contributed by atoms with Gasteiger partial charge in [-0.1, -0.05) is 0 Å². The number of carbonyl (C=O) groups is 1. The van der Waals surface area contributed by atoms with E-state index in [4.69, 9.17) is 10.2 Å². The van der Waals surface area contributed by atoms with Crippen molar-refractivity contribution >= 4 is 5.97 Å². The van der Waals surface area contributed by atoms with E-state index >= 15 is 0 Å². The normalized spacial score (nSPS) is 10.4. The summed E-state index contributed by atoms with van der Waals surface area (Å²) < 4.78 is 28.7. The first-order valence-corrected chi connectivity index (χ1v) is 3.76. The first-order valence-electron chi connectivity index (χ1n) is 3.76. The number of aromatic nitrogens is 1. The minimum Gasteiger partial charge on any atom is -0.506 e. The number of pyridine rings is 1. The standard InChI is InChI=1S/C8H7F2NO4/c1-15-8(14)6-4(13)2-3(12)5(11-6)7(9)10/h2,7,12-13H,1H3. The number of carbonyl (C=O) groups excluding carboxylic acids is 1. The number of alkyl halides is 2. The molecule has 0 saturated heterocycles. The van der Waals surface area contributed by atoms with E-state index in [1.807, 2.05) is 0 Å². The predicted octanol–water partition coefficient (Wildman–Crippen LogP) is 1.22. The van der Waals surface area contributed by atoms with Crippen LogP contribution in [0.1, 0.15) is 22.6 Å². The van der Waals surface area contributed by atoms with Gasteiger partial charge in [0.2, 0.25) is 0 Å². The molecular formula is C8H7F2NO4. The maximum atomic E-state index is 12.3. The fourth-order valence-corrected chi connectivity index (χ4v) is 0.914. The molecule has 0 aliphatic rings. The van der Waals surface area contributed by atoms with Crippen LogP contribution in [0.2, 0.25) is 0 Å². The maximum Gasteiger partial charge on any atom is 0.360 e. The number of esters is 1. The van der Waals surface area contributed by atoms with Gasteiger partial charge in [-0.05, 0) is 0 Å². The fourth-order valence-electron chi connectivity index (χ4n) is 0.914. The van der Waals surface area contributed by atoms with Gasteiger partial charge in [-0.25, -0.2) is 18.6 Å². The molecule has 0 aromatic carbocycles. The van der Waals surface area contributed by atoms with Gasteiger partial charge < -0.3 is 14.9 Å². The summed E-state index contributed by atoms with van der Waals surface area (Å²) in [5.74, 6) is -2.66. The quantitative estimate of drug-likeness (QED) is 0.731. The molecule has 0 fully saturated rings. The molecule has 0 bridgehead atoms. The van der Waals surface area contributed by atoms with Crippen molar-refractivity contribution < 1.29 is 28.5 Å². The third-order valence-corrected chi connectivity index (χ3v) is 1.60. The minimum atomic E-state index is -3.05. The number of nitrogens with zero attached hydrogens (tertiary/aromatic N) is 1. The second kappa shape index (κ2) is 4.07. The molecule has 0 aliphatic heterocycles. The van der Waals surface area contributed by atoms with Crippen molar-refractivity contribution in [2.24, 2.45) is 0 Å². The molecular weight excluding hydrogens is 212 g/mol. The molecule has 0 amide bonds. The number of rotatable bonds is 2. The molecule has 1 aromatic rings. The molecule has 5 nitrogen and oxygen atoms in total. The van der Waals surface area contributed by atoms with Crippen LogP contribution in [-0.4, -0.2) is 28.3 Å². The second-order valence-electron chi connectivity index (χ2n) is 2.55. The van der Waals surface area contributed by atoms with Crippen molar-refractivity contribution in [3.05, 3.63) is 17.5 Å². The van der Waals surface area contributed by atoms with Gasteiger partial charge in [-0.15, -0.1) is 0 Å². The highest BCUT2D eigenvalue weighted by molar-refractivity contribution is 5.90. The zero-order chi connectivity index (χ0) is 11.6. The molecule has 0 atom stereocenters. The zero-order valence-electron chi connectivity index (χ0n) is 7.57.